The van der Waals surface area contributed by atoms with Crippen LogP contribution in [-0.2, 0) is 5.41 Å². The van der Waals surface area contributed by atoms with Crippen molar-refractivity contribution in [1.29, 1.82) is 0 Å². The number of hydrogen-bond donors (Lipinski definition) is 0. The molecule has 0 spiro atoms. The summed E-state index contributed by atoms with van der Waals surface area (Å²) in [5.41, 5.74) is 15.4. The summed E-state index contributed by atoms with van der Waals surface area (Å²) in [4.78, 5) is 2.18. The number of anilines is 3. The van der Waals surface area contributed by atoms with E-state index in [1.807, 2.05) is 12.1 Å². The molecule has 1 nitrogen and oxygen atoms in total. The first-order valence-corrected chi connectivity index (χ1v) is 22.4. The fourth-order valence-corrected chi connectivity index (χ4v) is 10.5. The third-order valence-corrected chi connectivity index (χ3v) is 13.7. The molecule has 0 heterocycles. The summed E-state index contributed by atoms with van der Waals surface area (Å²) in [5, 5.41) is 9.91. The zero-order chi connectivity index (χ0) is 43.6. The highest BCUT2D eigenvalue weighted by molar-refractivity contribution is 6.23. The van der Waals surface area contributed by atoms with Gasteiger partial charge in [-0.25, -0.2) is 4.39 Å². The van der Waals surface area contributed by atoms with Crippen molar-refractivity contribution in [2.24, 2.45) is 0 Å². The molecule has 11 aromatic carbocycles. The first kappa shape index (κ1) is 38.6. The second kappa shape index (κ2) is 15.3. The van der Waals surface area contributed by atoms with Gasteiger partial charge in [0.25, 0.3) is 0 Å². The molecular formula is C63H44FN. The molecule has 308 valence electrons. The molecule has 0 N–H and O–H groups in total. The molecule has 0 aliphatic heterocycles. The standard InChI is InChI=1S/C63H44FN/c1-63(2)59-38-42(23-22-41-24-31-48(32-25-41)65(49-34-29-47(64)30-35-49)50-33-27-43-12-3-4-14-45(43)39-50)26-36-52(59)53-37-28-46(40-60(53)63)61-55-17-7-9-19-57(55)62(58-20-10-8-18-56(58)61)54-21-11-15-44-13-5-6-16-51(44)54/h3-40H,1-2H3. The SMILES string of the molecule is CC1(C)c2cc(C=Cc3ccc(N(c4ccc(F)cc4)c4ccc5ccccc5c4)cc3)ccc2-c2ccc(-c3c4ccccc4c(-c4cccc5ccccc45)c4ccccc34)cc21. The molecule has 0 amide bonds. The lowest BCUT2D eigenvalue weighted by Gasteiger charge is -2.26. The van der Waals surface area contributed by atoms with E-state index >= 15 is 0 Å². The maximum absolute atomic E-state index is 14.1. The van der Waals surface area contributed by atoms with Crippen LogP contribution in [0.5, 0.6) is 0 Å². The maximum atomic E-state index is 14.1. The second-order valence-corrected chi connectivity index (χ2v) is 17.8. The van der Waals surface area contributed by atoms with Crippen molar-refractivity contribution in [2.75, 3.05) is 4.90 Å². The summed E-state index contributed by atoms with van der Waals surface area (Å²) in [6, 6.07) is 77.5. The summed E-state index contributed by atoms with van der Waals surface area (Å²) in [6.07, 6.45) is 4.41. The van der Waals surface area contributed by atoms with Gasteiger partial charge < -0.3 is 4.90 Å². The monoisotopic (exact) mass is 833 g/mol. The fraction of sp³-hybridized carbons (Fsp3) is 0.0476. The number of hydrogen-bond acceptors (Lipinski definition) is 1. The van der Waals surface area contributed by atoms with E-state index in [1.54, 1.807) is 0 Å². The second-order valence-electron chi connectivity index (χ2n) is 17.8. The van der Waals surface area contributed by atoms with Crippen molar-refractivity contribution < 1.29 is 4.39 Å². The van der Waals surface area contributed by atoms with Gasteiger partial charge in [0, 0.05) is 22.5 Å². The minimum absolute atomic E-state index is 0.201. The fourth-order valence-electron chi connectivity index (χ4n) is 10.5. The third-order valence-electron chi connectivity index (χ3n) is 13.7. The Bertz CT molecular complexity index is 3630. The predicted molar refractivity (Wildman–Crippen MR) is 275 cm³/mol. The molecule has 65 heavy (non-hydrogen) atoms. The van der Waals surface area contributed by atoms with E-state index in [9.17, 15) is 4.39 Å². The molecule has 1 aliphatic rings. The Balaban J connectivity index is 0.879. The van der Waals surface area contributed by atoms with Crippen LogP contribution in [0.25, 0.3) is 88.6 Å². The highest BCUT2D eigenvalue weighted by atomic mass is 19.1. The molecule has 12 rings (SSSR count). The molecular weight excluding hydrogens is 790 g/mol. The van der Waals surface area contributed by atoms with E-state index < -0.39 is 0 Å². The van der Waals surface area contributed by atoms with Crippen LogP contribution in [0.4, 0.5) is 21.5 Å². The predicted octanol–water partition coefficient (Wildman–Crippen LogP) is 17.7. The van der Waals surface area contributed by atoms with Gasteiger partial charge in [0.1, 0.15) is 5.82 Å². The van der Waals surface area contributed by atoms with Gasteiger partial charge in [0.15, 0.2) is 0 Å². The minimum Gasteiger partial charge on any atom is -0.310 e. The van der Waals surface area contributed by atoms with Crippen LogP contribution in [0.1, 0.15) is 36.1 Å². The molecule has 0 bridgehead atoms. The van der Waals surface area contributed by atoms with E-state index in [0.29, 0.717) is 0 Å². The topological polar surface area (TPSA) is 3.24 Å². The van der Waals surface area contributed by atoms with Gasteiger partial charge in [-0.05, 0) is 153 Å². The van der Waals surface area contributed by atoms with Crippen molar-refractivity contribution in [2.45, 2.75) is 19.3 Å². The maximum Gasteiger partial charge on any atom is 0.123 e. The summed E-state index contributed by atoms with van der Waals surface area (Å²) in [5.74, 6) is -0.252. The Morgan fingerprint density at radius 2 is 0.877 bits per heavy atom. The van der Waals surface area contributed by atoms with E-state index in [-0.39, 0.29) is 11.2 Å². The molecule has 0 saturated heterocycles. The van der Waals surface area contributed by atoms with Crippen LogP contribution in [0.15, 0.2) is 218 Å². The van der Waals surface area contributed by atoms with Crippen molar-refractivity contribution in [3.05, 3.63) is 246 Å². The summed E-state index contributed by atoms with van der Waals surface area (Å²) in [7, 11) is 0. The number of rotatable bonds is 7. The Labute approximate surface area is 379 Å². The summed E-state index contributed by atoms with van der Waals surface area (Å²) < 4.78 is 14.1. The molecule has 2 heteroatoms. The third kappa shape index (κ3) is 6.52. The van der Waals surface area contributed by atoms with Gasteiger partial charge in [-0.3, -0.25) is 0 Å². The molecule has 0 atom stereocenters. The van der Waals surface area contributed by atoms with Crippen LogP contribution in [0, 0.1) is 5.82 Å². The molecule has 0 unspecified atom stereocenters. The van der Waals surface area contributed by atoms with Crippen molar-refractivity contribution >= 4 is 72.3 Å². The van der Waals surface area contributed by atoms with E-state index in [1.165, 1.54) is 99.9 Å². The van der Waals surface area contributed by atoms with Crippen LogP contribution in [-0.4, -0.2) is 0 Å². The lowest BCUT2D eigenvalue weighted by Crippen LogP contribution is -2.15. The number of halogens is 1. The van der Waals surface area contributed by atoms with Crippen LogP contribution in [0.2, 0.25) is 0 Å². The van der Waals surface area contributed by atoms with E-state index in [4.69, 9.17) is 0 Å². The molecule has 11 aromatic rings. The van der Waals surface area contributed by atoms with E-state index in [0.717, 1.165) is 28.0 Å². The lowest BCUT2D eigenvalue weighted by atomic mass is 9.80. The smallest absolute Gasteiger partial charge is 0.123 e. The first-order chi connectivity index (χ1) is 31.9. The van der Waals surface area contributed by atoms with Gasteiger partial charge in [-0.2, -0.15) is 0 Å². The Morgan fingerprint density at radius 1 is 0.369 bits per heavy atom. The van der Waals surface area contributed by atoms with E-state index in [2.05, 4.69) is 225 Å². The van der Waals surface area contributed by atoms with Gasteiger partial charge >= 0.3 is 0 Å². The summed E-state index contributed by atoms with van der Waals surface area (Å²) >= 11 is 0. The number of nitrogens with zero attached hydrogens (tertiary/aromatic N) is 1. The largest absolute Gasteiger partial charge is 0.310 e. The molecule has 0 saturated carbocycles. The molecule has 0 fully saturated rings. The van der Waals surface area contributed by atoms with Crippen LogP contribution in [0.3, 0.4) is 0 Å². The average molecular weight is 834 g/mol. The summed E-state index contributed by atoms with van der Waals surface area (Å²) in [6.45, 7) is 4.74. The zero-order valence-corrected chi connectivity index (χ0v) is 36.3. The van der Waals surface area contributed by atoms with Crippen LogP contribution < -0.4 is 4.90 Å². The molecule has 1 aliphatic carbocycles. The van der Waals surface area contributed by atoms with Gasteiger partial charge in [-0.1, -0.05) is 190 Å². The Hall–Kier alpha value is -8.07. The molecule has 0 aromatic heterocycles. The van der Waals surface area contributed by atoms with Crippen molar-refractivity contribution in [3.8, 4) is 33.4 Å². The van der Waals surface area contributed by atoms with Crippen molar-refractivity contribution in [3.63, 3.8) is 0 Å². The highest BCUT2D eigenvalue weighted by Gasteiger charge is 2.36. The normalized spacial score (nSPS) is 12.9. The zero-order valence-electron chi connectivity index (χ0n) is 36.3. The molecule has 0 radical (unpaired) electrons. The first-order valence-electron chi connectivity index (χ1n) is 22.4. The number of fused-ring (bicyclic) bond motifs is 7. The highest BCUT2D eigenvalue weighted by Crippen LogP contribution is 2.52. The lowest BCUT2D eigenvalue weighted by molar-refractivity contribution is 0.628. The quantitative estimate of drug-likeness (QED) is 0.114. The number of benzene rings is 11. The van der Waals surface area contributed by atoms with Crippen LogP contribution >= 0.6 is 0 Å². The average Bonchev–Trinajstić information content (AvgIpc) is 3.57. The van der Waals surface area contributed by atoms with Gasteiger partial charge in [-0.15, -0.1) is 0 Å². The van der Waals surface area contributed by atoms with Gasteiger partial charge in [0.2, 0.25) is 0 Å². The van der Waals surface area contributed by atoms with Gasteiger partial charge in [0.05, 0.1) is 0 Å². The van der Waals surface area contributed by atoms with Crippen molar-refractivity contribution in [1.82, 2.24) is 0 Å². The Morgan fingerprint density at radius 3 is 1.57 bits per heavy atom. The Kier molecular flexibility index (Phi) is 9.10. The minimum atomic E-state index is -0.252.